The van der Waals surface area contributed by atoms with E-state index >= 15 is 0 Å². The van der Waals surface area contributed by atoms with E-state index in [2.05, 4.69) is 15.2 Å². The van der Waals surface area contributed by atoms with Crippen LogP contribution in [0.25, 0.3) is 0 Å². The summed E-state index contributed by atoms with van der Waals surface area (Å²) < 4.78 is 5.51. The lowest BCUT2D eigenvalue weighted by atomic mass is 10.1. The van der Waals surface area contributed by atoms with Crippen molar-refractivity contribution in [1.82, 2.24) is 4.98 Å². The number of nitrogens with zero attached hydrogens (tertiary/aromatic N) is 2. The van der Waals surface area contributed by atoms with Gasteiger partial charge < -0.3 is 20.7 Å². The molecule has 0 radical (unpaired) electrons. The van der Waals surface area contributed by atoms with E-state index in [9.17, 15) is 9.59 Å². The Morgan fingerprint density at radius 2 is 1.90 bits per heavy atom. The standard InChI is InChI=1S/C21H25ClN4O3/c1-13(2)29-21-16(22)10-15(12-24-21)20(28)25-17-11-14(19(23)27)6-7-18(17)26-8-4-3-5-9-26/h6-7,10-13H,3-5,8-9H2,1-2H3,(H2,23,27)(H,25,28). The van der Waals surface area contributed by atoms with Gasteiger partial charge in [0, 0.05) is 24.8 Å². The summed E-state index contributed by atoms with van der Waals surface area (Å²) in [5, 5.41) is 3.14. The van der Waals surface area contributed by atoms with E-state index in [0.717, 1.165) is 31.6 Å². The number of rotatable bonds is 6. The Morgan fingerprint density at radius 1 is 1.17 bits per heavy atom. The zero-order valence-electron chi connectivity index (χ0n) is 16.6. The van der Waals surface area contributed by atoms with Crippen molar-refractivity contribution in [1.29, 1.82) is 0 Å². The fraction of sp³-hybridized carbons (Fsp3) is 0.381. The van der Waals surface area contributed by atoms with Gasteiger partial charge in [-0.1, -0.05) is 11.6 Å². The summed E-state index contributed by atoms with van der Waals surface area (Å²) in [6.07, 6.45) is 4.69. The smallest absolute Gasteiger partial charge is 0.257 e. The van der Waals surface area contributed by atoms with Gasteiger partial charge in [0.2, 0.25) is 11.8 Å². The number of anilines is 2. The molecule has 0 saturated carbocycles. The van der Waals surface area contributed by atoms with Crippen LogP contribution in [-0.2, 0) is 0 Å². The zero-order valence-corrected chi connectivity index (χ0v) is 17.3. The molecule has 1 aliphatic heterocycles. The Kier molecular flexibility index (Phi) is 6.59. The number of piperidine rings is 1. The van der Waals surface area contributed by atoms with Crippen LogP contribution in [0, 0.1) is 0 Å². The van der Waals surface area contributed by atoms with Crippen LogP contribution in [0.4, 0.5) is 11.4 Å². The molecular formula is C21H25ClN4O3. The molecule has 7 nitrogen and oxygen atoms in total. The summed E-state index contributed by atoms with van der Waals surface area (Å²) in [7, 11) is 0. The lowest BCUT2D eigenvalue weighted by molar-refractivity contribution is 0.0996. The number of aromatic nitrogens is 1. The molecule has 2 heterocycles. The van der Waals surface area contributed by atoms with Crippen LogP contribution in [0.1, 0.15) is 53.8 Å². The summed E-state index contributed by atoms with van der Waals surface area (Å²) >= 11 is 6.20. The molecule has 3 rings (SSSR count). The molecule has 1 aromatic carbocycles. The highest BCUT2D eigenvalue weighted by Crippen LogP contribution is 2.31. The lowest BCUT2D eigenvalue weighted by Gasteiger charge is -2.30. The van der Waals surface area contributed by atoms with Gasteiger partial charge in [0.25, 0.3) is 5.91 Å². The maximum atomic E-state index is 12.8. The van der Waals surface area contributed by atoms with E-state index in [4.69, 9.17) is 22.1 Å². The van der Waals surface area contributed by atoms with E-state index in [1.165, 1.54) is 18.7 Å². The average molecular weight is 417 g/mol. The van der Waals surface area contributed by atoms with Crippen LogP contribution in [0.5, 0.6) is 5.88 Å². The number of nitrogens with one attached hydrogen (secondary N) is 1. The minimum absolute atomic E-state index is 0.0803. The van der Waals surface area contributed by atoms with E-state index in [0.29, 0.717) is 16.8 Å². The second-order valence-electron chi connectivity index (χ2n) is 7.28. The SMILES string of the molecule is CC(C)Oc1ncc(C(=O)Nc2cc(C(N)=O)ccc2N2CCCCC2)cc1Cl. The zero-order chi connectivity index (χ0) is 21.0. The van der Waals surface area contributed by atoms with Crippen molar-refractivity contribution in [2.75, 3.05) is 23.3 Å². The van der Waals surface area contributed by atoms with Crippen LogP contribution in [-0.4, -0.2) is 36.0 Å². The van der Waals surface area contributed by atoms with Crippen molar-refractivity contribution in [3.05, 3.63) is 46.6 Å². The highest BCUT2D eigenvalue weighted by atomic mass is 35.5. The first kappa shape index (κ1) is 20.9. The van der Waals surface area contributed by atoms with Gasteiger partial charge in [0.05, 0.1) is 23.0 Å². The number of pyridine rings is 1. The number of carbonyl (C=O) groups excluding carboxylic acids is 2. The summed E-state index contributed by atoms with van der Waals surface area (Å²) in [6, 6.07) is 6.62. The number of ether oxygens (including phenoxy) is 1. The number of benzene rings is 1. The Hall–Kier alpha value is -2.80. The van der Waals surface area contributed by atoms with E-state index in [1.54, 1.807) is 12.1 Å². The minimum Gasteiger partial charge on any atom is -0.474 e. The minimum atomic E-state index is -0.550. The fourth-order valence-electron chi connectivity index (χ4n) is 3.25. The maximum Gasteiger partial charge on any atom is 0.257 e. The van der Waals surface area contributed by atoms with E-state index in [-0.39, 0.29) is 22.9 Å². The number of nitrogens with two attached hydrogens (primary N) is 1. The van der Waals surface area contributed by atoms with Crippen LogP contribution in [0.15, 0.2) is 30.5 Å². The number of carbonyl (C=O) groups is 2. The topological polar surface area (TPSA) is 97.5 Å². The first-order chi connectivity index (χ1) is 13.8. The molecule has 0 aliphatic carbocycles. The highest BCUT2D eigenvalue weighted by molar-refractivity contribution is 6.32. The molecule has 0 unspecified atom stereocenters. The second-order valence-corrected chi connectivity index (χ2v) is 7.68. The largest absolute Gasteiger partial charge is 0.474 e. The normalized spacial score (nSPS) is 14.0. The van der Waals surface area contributed by atoms with Gasteiger partial charge in [-0.3, -0.25) is 9.59 Å². The molecule has 0 spiro atoms. The van der Waals surface area contributed by atoms with E-state index in [1.807, 2.05) is 19.9 Å². The van der Waals surface area contributed by atoms with Crippen molar-refractivity contribution in [3.8, 4) is 5.88 Å². The van der Waals surface area contributed by atoms with Crippen molar-refractivity contribution < 1.29 is 14.3 Å². The molecule has 1 fully saturated rings. The molecule has 154 valence electrons. The van der Waals surface area contributed by atoms with Gasteiger partial charge >= 0.3 is 0 Å². The quantitative estimate of drug-likeness (QED) is 0.745. The van der Waals surface area contributed by atoms with Crippen LogP contribution < -0.4 is 20.7 Å². The van der Waals surface area contributed by atoms with Crippen LogP contribution in [0.2, 0.25) is 5.02 Å². The summed E-state index contributed by atoms with van der Waals surface area (Å²) in [4.78, 5) is 30.8. The van der Waals surface area contributed by atoms with Gasteiger partial charge in [0.1, 0.15) is 5.02 Å². The average Bonchev–Trinajstić information content (AvgIpc) is 2.69. The van der Waals surface area contributed by atoms with Gasteiger partial charge in [-0.05, 0) is 57.4 Å². The lowest BCUT2D eigenvalue weighted by Crippen LogP contribution is -2.30. The number of hydrogen-bond donors (Lipinski definition) is 2. The third-order valence-electron chi connectivity index (χ3n) is 4.64. The monoisotopic (exact) mass is 416 g/mol. The molecule has 0 atom stereocenters. The third kappa shape index (κ3) is 5.17. The summed E-state index contributed by atoms with van der Waals surface area (Å²) in [5.74, 6) is -0.649. The number of hydrogen-bond acceptors (Lipinski definition) is 5. The number of amides is 2. The van der Waals surface area contributed by atoms with Gasteiger partial charge in [0.15, 0.2) is 0 Å². The maximum absolute atomic E-state index is 12.8. The molecule has 3 N–H and O–H groups in total. The first-order valence-electron chi connectivity index (χ1n) is 9.67. The Labute approximate surface area is 175 Å². The van der Waals surface area contributed by atoms with Crippen LogP contribution >= 0.6 is 11.6 Å². The Balaban J connectivity index is 1.87. The predicted molar refractivity (Wildman–Crippen MR) is 114 cm³/mol. The third-order valence-corrected chi connectivity index (χ3v) is 4.91. The summed E-state index contributed by atoms with van der Waals surface area (Å²) in [6.45, 7) is 5.53. The Morgan fingerprint density at radius 3 is 2.52 bits per heavy atom. The molecule has 8 heteroatoms. The van der Waals surface area contributed by atoms with Gasteiger partial charge in [-0.2, -0.15) is 0 Å². The summed E-state index contributed by atoms with van der Waals surface area (Å²) in [5.41, 5.74) is 7.44. The van der Waals surface area contributed by atoms with Crippen molar-refractivity contribution in [3.63, 3.8) is 0 Å². The molecule has 0 bridgehead atoms. The molecule has 2 aromatic rings. The Bertz CT molecular complexity index is 911. The van der Waals surface area contributed by atoms with Gasteiger partial charge in [-0.25, -0.2) is 4.98 Å². The predicted octanol–water partition coefficient (Wildman–Crippen LogP) is 3.86. The van der Waals surface area contributed by atoms with E-state index < -0.39 is 5.91 Å². The van der Waals surface area contributed by atoms with Crippen molar-refractivity contribution in [2.24, 2.45) is 5.73 Å². The second kappa shape index (κ2) is 9.13. The molecule has 2 amide bonds. The molecule has 1 aromatic heterocycles. The number of primary amides is 1. The van der Waals surface area contributed by atoms with Crippen LogP contribution in [0.3, 0.4) is 0 Å². The molecular weight excluding hydrogens is 392 g/mol. The van der Waals surface area contributed by atoms with Gasteiger partial charge in [-0.15, -0.1) is 0 Å². The first-order valence-corrected chi connectivity index (χ1v) is 10.1. The molecule has 1 aliphatic rings. The highest BCUT2D eigenvalue weighted by Gasteiger charge is 2.19. The fourth-order valence-corrected chi connectivity index (χ4v) is 3.46. The van der Waals surface area contributed by atoms with Crippen molar-refractivity contribution >= 4 is 34.8 Å². The number of halogens is 1. The molecule has 29 heavy (non-hydrogen) atoms. The molecule has 1 saturated heterocycles. The van der Waals surface area contributed by atoms with Crippen molar-refractivity contribution in [2.45, 2.75) is 39.2 Å².